The molecule has 0 aliphatic rings. The summed E-state index contributed by atoms with van der Waals surface area (Å²) >= 11 is 3.35. The van der Waals surface area contributed by atoms with Crippen molar-refractivity contribution >= 4 is 37.5 Å². The Bertz CT molecular complexity index is 838. The number of benzene rings is 2. The molecule has 0 spiro atoms. The van der Waals surface area contributed by atoms with E-state index in [0.29, 0.717) is 24.4 Å². The standard InChI is InChI=1S/C17H19BrN2O4S/c1-20(10-11-24-16-8-6-14(18)7-9-16)17(21)13-4-3-5-15(12-13)19-25(2,22)23/h3-9,12,19H,10-11H2,1-2H3. The van der Waals surface area contributed by atoms with Crippen molar-refractivity contribution < 1.29 is 17.9 Å². The Morgan fingerprint density at radius 2 is 1.88 bits per heavy atom. The number of halogens is 1. The van der Waals surface area contributed by atoms with Crippen LogP contribution in [0.5, 0.6) is 5.75 Å². The summed E-state index contributed by atoms with van der Waals surface area (Å²) in [6, 6.07) is 13.8. The van der Waals surface area contributed by atoms with Crippen molar-refractivity contribution in [2.45, 2.75) is 0 Å². The number of nitrogens with zero attached hydrogens (tertiary/aromatic N) is 1. The molecule has 0 unspecified atom stereocenters. The summed E-state index contributed by atoms with van der Waals surface area (Å²) in [6.45, 7) is 0.754. The molecule has 0 aromatic heterocycles. The molecule has 0 radical (unpaired) electrons. The Balaban J connectivity index is 1.93. The molecule has 1 N–H and O–H groups in total. The molecular weight excluding hydrogens is 408 g/mol. The zero-order valence-corrected chi connectivity index (χ0v) is 16.3. The second-order valence-electron chi connectivity index (χ2n) is 5.48. The summed E-state index contributed by atoms with van der Waals surface area (Å²) < 4.78 is 31.5. The van der Waals surface area contributed by atoms with Gasteiger partial charge in [0.15, 0.2) is 0 Å². The molecule has 0 saturated heterocycles. The van der Waals surface area contributed by atoms with Crippen LogP contribution in [0.1, 0.15) is 10.4 Å². The highest BCUT2D eigenvalue weighted by atomic mass is 79.9. The van der Waals surface area contributed by atoms with Crippen molar-refractivity contribution in [3.05, 3.63) is 58.6 Å². The van der Waals surface area contributed by atoms with Gasteiger partial charge in [0.2, 0.25) is 10.0 Å². The van der Waals surface area contributed by atoms with E-state index in [1.807, 2.05) is 24.3 Å². The molecule has 2 rings (SSSR count). The van der Waals surface area contributed by atoms with Crippen LogP contribution in [0.25, 0.3) is 0 Å². The Hall–Kier alpha value is -2.06. The van der Waals surface area contributed by atoms with Crippen LogP contribution in [-0.2, 0) is 10.0 Å². The molecule has 2 aromatic carbocycles. The normalized spacial score (nSPS) is 11.0. The number of nitrogens with one attached hydrogen (secondary N) is 1. The first-order chi connectivity index (χ1) is 11.7. The average molecular weight is 427 g/mol. The molecule has 0 fully saturated rings. The Labute approximate surface area is 156 Å². The van der Waals surface area contributed by atoms with Crippen LogP contribution in [0, 0.1) is 0 Å². The predicted octanol–water partition coefficient (Wildman–Crippen LogP) is 2.97. The molecule has 134 valence electrons. The van der Waals surface area contributed by atoms with Gasteiger partial charge in [-0.3, -0.25) is 9.52 Å². The fourth-order valence-corrected chi connectivity index (χ4v) is 2.90. The topological polar surface area (TPSA) is 75.7 Å². The molecule has 1 amide bonds. The van der Waals surface area contributed by atoms with E-state index in [2.05, 4.69) is 20.7 Å². The van der Waals surface area contributed by atoms with E-state index in [4.69, 9.17) is 4.74 Å². The minimum Gasteiger partial charge on any atom is -0.492 e. The summed E-state index contributed by atoms with van der Waals surface area (Å²) in [5, 5.41) is 0. The fraction of sp³-hybridized carbons (Fsp3) is 0.235. The summed E-state index contributed by atoms with van der Waals surface area (Å²) in [7, 11) is -1.72. The molecule has 0 atom stereocenters. The SMILES string of the molecule is CN(CCOc1ccc(Br)cc1)C(=O)c1cccc(NS(C)(=O)=O)c1. The van der Waals surface area contributed by atoms with E-state index < -0.39 is 10.0 Å². The van der Waals surface area contributed by atoms with Crippen LogP contribution in [0.3, 0.4) is 0 Å². The van der Waals surface area contributed by atoms with Crippen LogP contribution >= 0.6 is 15.9 Å². The van der Waals surface area contributed by atoms with Gasteiger partial charge < -0.3 is 9.64 Å². The zero-order valence-electron chi connectivity index (χ0n) is 13.9. The summed E-state index contributed by atoms with van der Waals surface area (Å²) in [6.07, 6.45) is 1.06. The van der Waals surface area contributed by atoms with Crippen LogP contribution in [0.4, 0.5) is 5.69 Å². The Morgan fingerprint density at radius 3 is 2.52 bits per heavy atom. The monoisotopic (exact) mass is 426 g/mol. The Morgan fingerprint density at radius 1 is 1.20 bits per heavy atom. The number of hydrogen-bond acceptors (Lipinski definition) is 4. The maximum atomic E-state index is 12.4. The van der Waals surface area contributed by atoms with Crippen molar-refractivity contribution in [3.63, 3.8) is 0 Å². The van der Waals surface area contributed by atoms with Crippen molar-refractivity contribution in [2.75, 3.05) is 31.2 Å². The van der Waals surface area contributed by atoms with E-state index >= 15 is 0 Å². The third-order valence-corrected chi connectivity index (χ3v) is 4.40. The van der Waals surface area contributed by atoms with Gasteiger partial charge in [-0.15, -0.1) is 0 Å². The molecular formula is C17H19BrN2O4S. The average Bonchev–Trinajstić information content (AvgIpc) is 2.54. The number of ether oxygens (including phenoxy) is 1. The summed E-state index contributed by atoms with van der Waals surface area (Å²) in [4.78, 5) is 14.0. The van der Waals surface area contributed by atoms with Gasteiger partial charge in [-0.2, -0.15) is 0 Å². The molecule has 0 bridgehead atoms. The number of amides is 1. The number of hydrogen-bond donors (Lipinski definition) is 1. The van der Waals surface area contributed by atoms with Crippen molar-refractivity contribution in [1.82, 2.24) is 4.90 Å². The van der Waals surface area contributed by atoms with Crippen LogP contribution in [-0.4, -0.2) is 45.7 Å². The molecule has 8 heteroatoms. The minimum atomic E-state index is -3.39. The van der Waals surface area contributed by atoms with Crippen LogP contribution < -0.4 is 9.46 Å². The lowest BCUT2D eigenvalue weighted by molar-refractivity contribution is 0.0774. The first-order valence-electron chi connectivity index (χ1n) is 7.46. The van der Waals surface area contributed by atoms with E-state index in [9.17, 15) is 13.2 Å². The third kappa shape index (κ3) is 6.39. The number of rotatable bonds is 7. The highest BCUT2D eigenvalue weighted by molar-refractivity contribution is 9.10. The summed E-state index contributed by atoms with van der Waals surface area (Å²) in [5.74, 6) is 0.514. The molecule has 25 heavy (non-hydrogen) atoms. The van der Waals surface area contributed by atoms with E-state index in [0.717, 1.165) is 16.5 Å². The molecule has 2 aromatic rings. The lowest BCUT2D eigenvalue weighted by atomic mass is 10.2. The van der Waals surface area contributed by atoms with Crippen LogP contribution in [0.2, 0.25) is 0 Å². The smallest absolute Gasteiger partial charge is 0.253 e. The van der Waals surface area contributed by atoms with Gasteiger partial charge in [0.05, 0.1) is 12.8 Å². The number of carbonyl (C=O) groups is 1. The molecule has 0 aliphatic heterocycles. The summed E-state index contributed by atoms with van der Waals surface area (Å²) in [5.41, 5.74) is 0.757. The van der Waals surface area contributed by atoms with Crippen molar-refractivity contribution in [2.24, 2.45) is 0 Å². The van der Waals surface area contributed by atoms with Gasteiger partial charge in [-0.25, -0.2) is 8.42 Å². The first kappa shape index (κ1) is 19.3. The fourth-order valence-electron chi connectivity index (χ4n) is 2.08. The lowest BCUT2D eigenvalue weighted by Crippen LogP contribution is -2.30. The molecule has 6 nitrogen and oxygen atoms in total. The maximum absolute atomic E-state index is 12.4. The van der Waals surface area contributed by atoms with Gasteiger partial charge in [0.1, 0.15) is 12.4 Å². The zero-order chi connectivity index (χ0) is 18.4. The predicted molar refractivity (Wildman–Crippen MR) is 102 cm³/mol. The molecule has 0 aliphatic carbocycles. The van der Waals surface area contributed by atoms with Gasteiger partial charge in [-0.05, 0) is 42.5 Å². The number of sulfonamides is 1. The number of carbonyl (C=O) groups excluding carboxylic acids is 1. The Kier molecular flexibility index (Phi) is 6.44. The molecule has 0 heterocycles. The van der Waals surface area contributed by atoms with E-state index in [-0.39, 0.29) is 5.91 Å². The number of anilines is 1. The number of likely N-dealkylation sites (N-methyl/N-ethyl adjacent to an activating group) is 1. The van der Waals surface area contributed by atoms with Crippen LogP contribution in [0.15, 0.2) is 53.0 Å². The third-order valence-electron chi connectivity index (χ3n) is 3.27. The quantitative estimate of drug-likeness (QED) is 0.737. The van der Waals surface area contributed by atoms with Gasteiger partial charge in [0.25, 0.3) is 5.91 Å². The van der Waals surface area contributed by atoms with Gasteiger partial charge in [-0.1, -0.05) is 22.0 Å². The highest BCUT2D eigenvalue weighted by Crippen LogP contribution is 2.16. The second kappa shape index (κ2) is 8.35. The van der Waals surface area contributed by atoms with Crippen molar-refractivity contribution in [3.8, 4) is 5.75 Å². The van der Waals surface area contributed by atoms with E-state index in [1.165, 1.54) is 11.0 Å². The van der Waals surface area contributed by atoms with E-state index in [1.54, 1.807) is 25.2 Å². The van der Waals surface area contributed by atoms with Gasteiger partial charge in [0, 0.05) is 22.8 Å². The highest BCUT2D eigenvalue weighted by Gasteiger charge is 2.13. The minimum absolute atomic E-state index is 0.212. The van der Waals surface area contributed by atoms with Crippen molar-refractivity contribution in [1.29, 1.82) is 0 Å². The second-order valence-corrected chi connectivity index (χ2v) is 8.15. The molecule has 0 saturated carbocycles. The largest absolute Gasteiger partial charge is 0.492 e. The first-order valence-corrected chi connectivity index (χ1v) is 10.1. The maximum Gasteiger partial charge on any atom is 0.253 e. The lowest BCUT2D eigenvalue weighted by Gasteiger charge is -2.18. The van der Waals surface area contributed by atoms with Gasteiger partial charge >= 0.3 is 0 Å².